The van der Waals surface area contributed by atoms with Crippen LogP contribution < -0.4 is 5.32 Å². The van der Waals surface area contributed by atoms with Gasteiger partial charge in [0.1, 0.15) is 0 Å². The third-order valence-corrected chi connectivity index (χ3v) is 3.38. The van der Waals surface area contributed by atoms with Crippen molar-refractivity contribution in [3.8, 4) is 0 Å². The van der Waals surface area contributed by atoms with Gasteiger partial charge in [0.25, 0.3) is 0 Å². The summed E-state index contributed by atoms with van der Waals surface area (Å²) in [7, 11) is 0. The number of benzene rings is 1. The molecular formula is C14H20N2O. The molecule has 0 radical (unpaired) electrons. The zero-order chi connectivity index (χ0) is 12.1. The fourth-order valence-electron chi connectivity index (χ4n) is 2.50. The Morgan fingerprint density at radius 1 is 1.35 bits per heavy atom. The second kappa shape index (κ2) is 5.82. The first-order valence-corrected chi connectivity index (χ1v) is 6.37. The maximum absolute atomic E-state index is 9.09. The quantitative estimate of drug-likeness (QED) is 0.621. The molecule has 2 atom stereocenters. The van der Waals surface area contributed by atoms with Crippen LogP contribution in [0, 0.1) is 0 Å². The van der Waals surface area contributed by atoms with E-state index >= 15 is 0 Å². The van der Waals surface area contributed by atoms with E-state index < -0.39 is 0 Å². The van der Waals surface area contributed by atoms with Crippen LogP contribution in [0.25, 0.3) is 0 Å². The highest BCUT2D eigenvalue weighted by Gasteiger charge is 2.27. The van der Waals surface area contributed by atoms with E-state index in [1.807, 2.05) is 18.2 Å². The Balaban J connectivity index is 2.16. The lowest BCUT2D eigenvalue weighted by atomic mass is 9.90. The van der Waals surface area contributed by atoms with Gasteiger partial charge < -0.3 is 10.5 Å². The van der Waals surface area contributed by atoms with Gasteiger partial charge in [0.15, 0.2) is 0 Å². The van der Waals surface area contributed by atoms with Gasteiger partial charge in [0.05, 0.1) is 11.8 Å². The molecule has 1 fully saturated rings. The normalized spacial score (nSPS) is 27.2. The predicted molar refractivity (Wildman–Crippen MR) is 69.5 cm³/mol. The average Bonchev–Trinajstić information content (AvgIpc) is 2.40. The van der Waals surface area contributed by atoms with E-state index in [0.29, 0.717) is 6.04 Å². The molecule has 3 heteroatoms. The summed E-state index contributed by atoms with van der Waals surface area (Å²) >= 11 is 0. The van der Waals surface area contributed by atoms with Gasteiger partial charge in [-0.1, -0.05) is 48.8 Å². The lowest BCUT2D eigenvalue weighted by Crippen LogP contribution is -2.42. The molecule has 2 N–H and O–H groups in total. The lowest BCUT2D eigenvalue weighted by molar-refractivity contribution is 0.305. The van der Waals surface area contributed by atoms with Gasteiger partial charge >= 0.3 is 0 Å². The first-order chi connectivity index (χ1) is 8.35. The third kappa shape index (κ3) is 2.86. The minimum Gasteiger partial charge on any atom is -0.411 e. The molecule has 1 aromatic rings. The van der Waals surface area contributed by atoms with Gasteiger partial charge in [0.2, 0.25) is 0 Å². The van der Waals surface area contributed by atoms with E-state index in [9.17, 15) is 0 Å². The maximum atomic E-state index is 9.09. The summed E-state index contributed by atoms with van der Waals surface area (Å²) in [5, 5.41) is 16.1. The van der Waals surface area contributed by atoms with Gasteiger partial charge in [-0.3, -0.25) is 0 Å². The highest BCUT2D eigenvalue weighted by atomic mass is 16.4. The molecule has 2 unspecified atom stereocenters. The average molecular weight is 232 g/mol. The molecule has 1 saturated heterocycles. The summed E-state index contributed by atoms with van der Waals surface area (Å²) < 4.78 is 0. The summed E-state index contributed by atoms with van der Waals surface area (Å²) in [5.41, 5.74) is 2.03. The first-order valence-electron chi connectivity index (χ1n) is 6.37. The Morgan fingerprint density at radius 3 is 2.76 bits per heavy atom. The van der Waals surface area contributed by atoms with E-state index in [0.717, 1.165) is 18.6 Å². The van der Waals surface area contributed by atoms with Crippen LogP contribution in [0.2, 0.25) is 0 Å². The minimum absolute atomic E-state index is 0.0755. The monoisotopic (exact) mass is 232 g/mol. The van der Waals surface area contributed by atoms with E-state index in [1.54, 1.807) is 0 Å². The van der Waals surface area contributed by atoms with Crippen LogP contribution >= 0.6 is 0 Å². The van der Waals surface area contributed by atoms with Crippen LogP contribution in [0.3, 0.4) is 0 Å². The van der Waals surface area contributed by atoms with Crippen molar-refractivity contribution in [1.82, 2.24) is 5.32 Å². The number of piperidine rings is 1. The molecule has 0 saturated carbocycles. The molecule has 1 aliphatic heterocycles. The molecule has 92 valence electrons. The van der Waals surface area contributed by atoms with Gasteiger partial charge in [0, 0.05) is 6.04 Å². The van der Waals surface area contributed by atoms with Crippen molar-refractivity contribution in [2.24, 2.45) is 5.16 Å². The van der Waals surface area contributed by atoms with Crippen molar-refractivity contribution in [2.45, 2.75) is 44.7 Å². The molecular weight excluding hydrogens is 212 g/mol. The first kappa shape index (κ1) is 12.1. The molecule has 17 heavy (non-hydrogen) atoms. The molecule has 1 aromatic carbocycles. The molecule has 2 rings (SSSR count). The van der Waals surface area contributed by atoms with Gasteiger partial charge in [-0.05, 0) is 24.8 Å². The Kier molecular flexibility index (Phi) is 4.15. The van der Waals surface area contributed by atoms with Gasteiger partial charge in [-0.25, -0.2) is 0 Å². The second-order valence-electron chi connectivity index (χ2n) is 4.63. The smallest absolute Gasteiger partial charge is 0.0785 e. The van der Waals surface area contributed by atoms with Crippen LogP contribution in [0.5, 0.6) is 0 Å². The summed E-state index contributed by atoms with van der Waals surface area (Å²) in [5.74, 6) is 0. The van der Waals surface area contributed by atoms with Crippen molar-refractivity contribution in [2.75, 3.05) is 0 Å². The highest BCUT2D eigenvalue weighted by Crippen LogP contribution is 2.25. The molecule has 0 aliphatic carbocycles. The zero-order valence-corrected chi connectivity index (χ0v) is 10.3. The van der Waals surface area contributed by atoms with Crippen molar-refractivity contribution in [3.63, 3.8) is 0 Å². The predicted octanol–water partition coefficient (Wildman–Crippen LogP) is 3.11. The molecule has 3 nitrogen and oxygen atoms in total. The van der Waals surface area contributed by atoms with Crippen LogP contribution in [-0.4, -0.2) is 17.0 Å². The largest absolute Gasteiger partial charge is 0.411 e. The van der Waals surface area contributed by atoms with Crippen molar-refractivity contribution in [1.29, 1.82) is 0 Å². The van der Waals surface area contributed by atoms with E-state index in [2.05, 4.69) is 29.5 Å². The lowest BCUT2D eigenvalue weighted by Gasteiger charge is -2.31. The summed E-state index contributed by atoms with van der Waals surface area (Å²) in [6.45, 7) is 2.20. The minimum atomic E-state index is 0.0755. The maximum Gasteiger partial charge on any atom is 0.0785 e. The summed E-state index contributed by atoms with van der Waals surface area (Å²) in [4.78, 5) is 0. The summed E-state index contributed by atoms with van der Waals surface area (Å²) in [6, 6.07) is 10.8. The number of hydrogen-bond acceptors (Lipinski definition) is 3. The summed E-state index contributed by atoms with van der Waals surface area (Å²) in [6.07, 6.45) is 4.32. The SMILES string of the molecule is CCCC1CCC(=NO)C(c2ccccc2)N1. The van der Waals surface area contributed by atoms with Crippen LogP contribution in [-0.2, 0) is 0 Å². The Morgan fingerprint density at radius 2 is 2.12 bits per heavy atom. The Labute approximate surface area is 103 Å². The standard InChI is InChI=1S/C14H20N2O/c1-2-6-12-9-10-13(16-17)14(15-12)11-7-4-3-5-8-11/h3-5,7-8,12,14-15,17H,2,6,9-10H2,1H3. The second-order valence-corrected chi connectivity index (χ2v) is 4.63. The molecule has 0 aromatic heterocycles. The molecule has 0 spiro atoms. The fraction of sp³-hybridized carbons (Fsp3) is 0.500. The molecule has 1 aliphatic rings. The molecule has 1 heterocycles. The van der Waals surface area contributed by atoms with Gasteiger partial charge in [-0.2, -0.15) is 0 Å². The van der Waals surface area contributed by atoms with E-state index in [4.69, 9.17) is 5.21 Å². The fourth-order valence-corrected chi connectivity index (χ4v) is 2.50. The third-order valence-electron chi connectivity index (χ3n) is 3.38. The van der Waals surface area contributed by atoms with Crippen molar-refractivity contribution < 1.29 is 5.21 Å². The van der Waals surface area contributed by atoms with Crippen molar-refractivity contribution >= 4 is 5.71 Å². The zero-order valence-electron chi connectivity index (χ0n) is 10.3. The molecule has 0 bridgehead atoms. The Hall–Kier alpha value is -1.35. The number of nitrogens with one attached hydrogen (secondary N) is 1. The van der Waals surface area contributed by atoms with E-state index in [1.165, 1.54) is 18.4 Å². The van der Waals surface area contributed by atoms with Crippen LogP contribution in [0.4, 0.5) is 0 Å². The molecule has 0 amide bonds. The van der Waals surface area contributed by atoms with Crippen molar-refractivity contribution in [3.05, 3.63) is 35.9 Å². The van der Waals surface area contributed by atoms with Crippen LogP contribution in [0.15, 0.2) is 35.5 Å². The number of nitrogens with zero attached hydrogens (tertiary/aromatic N) is 1. The highest BCUT2D eigenvalue weighted by molar-refractivity contribution is 5.90. The van der Waals surface area contributed by atoms with E-state index in [-0.39, 0.29) is 6.04 Å². The van der Waals surface area contributed by atoms with Crippen LogP contribution in [0.1, 0.15) is 44.2 Å². The number of rotatable bonds is 3. The Bertz CT molecular complexity index is 375. The van der Waals surface area contributed by atoms with Gasteiger partial charge in [-0.15, -0.1) is 0 Å². The number of hydrogen-bond donors (Lipinski definition) is 2. The number of oxime groups is 1. The topological polar surface area (TPSA) is 44.6 Å².